The van der Waals surface area contributed by atoms with Crippen molar-refractivity contribution in [2.45, 2.75) is 19.8 Å². The maximum Gasteiger partial charge on any atom is 0.244 e. The molecule has 0 spiro atoms. The fraction of sp³-hybridized carbons (Fsp3) is 0.125. The standard InChI is InChI=1S/C24H21Cl2N3O2/c1-16(13-23(30)27-22-15-20(25)11-12-21(22)26)28-29-24(31)14-17-7-9-19(10-8-17)18-5-3-2-4-6-18/h2-12,15H,13-14H2,1H3,(H,27,30)(H,29,31). The van der Waals surface area contributed by atoms with Crippen LogP contribution in [0.4, 0.5) is 5.69 Å². The first-order valence-electron chi connectivity index (χ1n) is 9.62. The third-order valence-corrected chi connectivity index (χ3v) is 4.98. The molecule has 2 N–H and O–H groups in total. The van der Waals surface area contributed by atoms with Crippen molar-refractivity contribution in [3.8, 4) is 11.1 Å². The van der Waals surface area contributed by atoms with Crippen LogP contribution in [0.5, 0.6) is 0 Å². The number of hydrazone groups is 1. The Labute approximate surface area is 191 Å². The molecule has 0 fully saturated rings. The summed E-state index contributed by atoms with van der Waals surface area (Å²) in [7, 11) is 0. The Kier molecular flexibility index (Phi) is 7.82. The molecule has 0 saturated heterocycles. The van der Waals surface area contributed by atoms with Crippen molar-refractivity contribution in [3.05, 3.63) is 88.4 Å². The van der Waals surface area contributed by atoms with Gasteiger partial charge in [-0.2, -0.15) is 5.10 Å². The molecule has 2 amide bonds. The molecule has 7 heteroatoms. The monoisotopic (exact) mass is 453 g/mol. The summed E-state index contributed by atoms with van der Waals surface area (Å²) in [5.74, 6) is -0.568. The second-order valence-electron chi connectivity index (χ2n) is 6.97. The highest BCUT2D eigenvalue weighted by Crippen LogP contribution is 2.25. The molecule has 0 aliphatic rings. The number of nitrogens with one attached hydrogen (secondary N) is 2. The summed E-state index contributed by atoms with van der Waals surface area (Å²) in [6, 6.07) is 22.6. The van der Waals surface area contributed by atoms with Crippen molar-refractivity contribution in [1.29, 1.82) is 0 Å². The van der Waals surface area contributed by atoms with E-state index in [9.17, 15) is 9.59 Å². The van der Waals surface area contributed by atoms with Crippen LogP contribution >= 0.6 is 23.2 Å². The minimum atomic E-state index is -0.309. The zero-order chi connectivity index (χ0) is 22.2. The van der Waals surface area contributed by atoms with Crippen LogP contribution in [0.3, 0.4) is 0 Å². The van der Waals surface area contributed by atoms with Crippen LogP contribution in [0, 0.1) is 0 Å². The summed E-state index contributed by atoms with van der Waals surface area (Å²) in [5.41, 5.74) is 6.46. The summed E-state index contributed by atoms with van der Waals surface area (Å²) in [4.78, 5) is 24.3. The number of rotatable bonds is 7. The molecule has 0 saturated carbocycles. The van der Waals surface area contributed by atoms with Gasteiger partial charge in [0, 0.05) is 10.7 Å². The van der Waals surface area contributed by atoms with E-state index in [-0.39, 0.29) is 24.7 Å². The molecular formula is C24H21Cl2N3O2. The summed E-state index contributed by atoms with van der Waals surface area (Å²) >= 11 is 12.0. The molecule has 0 aromatic heterocycles. The zero-order valence-electron chi connectivity index (χ0n) is 16.9. The summed E-state index contributed by atoms with van der Waals surface area (Å²) in [6.07, 6.45) is 0.199. The van der Waals surface area contributed by atoms with Crippen LogP contribution in [0.2, 0.25) is 10.0 Å². The Hall–Kier alpha value is -3.15. The van der Waals surface area contributed by atoms with Gasteiger partial charge in [0.2, 0.25) is 11.8 Å². The van der Waals surface area contributed by atoms with Crippen LogP contribution in [-0.4, -0.2) is 17.5 Å². The van der Waals surface area contributed by atoms with Gasteiger partial charge in [0.1, 0.15) is 0 Å². The summed E-state index contributed by atoms with van der Waals surface area (Å²) < 4.78 is 0. The average molecular weight is 454 g/mol. The number of hydrogen-bond donors (Lipinski definition) is 2. The van der Waals surface area contributed by atoms with Gasteiger partial charge in [-0.1, -0.05) is 77.8 Å². The number of carbonyl (C=O) groups excluding carboxylic acids is 2. The van der Waals surface area contributed by atoms with E-state index in [0.29, 0.717) is 21.4 Å². The number of hydrogen-bond acceptors (Lipinski definition) is 3. The van der Waals surface area contributed by atoms with Crippen LogP contribution < -0.4 is 10.7 Å². The quantitative estimate of drug-likeness (QED) is 0.354. The molecule has 31 heavy (non-hydrogen) atoms. The van der Waals surface area contributed by atoms with Gasteiger partial charge in [-0.15, -0.1) is 0 Å². The Bertz CT molecular complexity index is 1100. The predicted octanol–water partition coefficient (Wildman–Crippen LogP) is 5.72. The normalized spacial score (nSPS) is 11.1. The zero-order valence-corrected chi connectivity index (χ0v) is 18.4. The van der Waals surface area contributed by atoms with E-state index in [1.807, 2.05) is 54.6 Å². The van der Waals surface area contributed by atoms with E-state index < -0.39 is 0 Å². The van der Waals surface area contributed by atoms with Gasteiger partial charge in [-0.05, 0) is 41.8 Å². The average Bonchev–Trinajstić information content (AvgIpc) is 2.76. The van der Waals surface area contributed by atoms with E-state index >= 15 is 0 Å². The van der Waals surface area contributed by atoms with Crippen LogP contribution in [0.1, 0.15) is 18.9 Å². The van der Waals surface area contributed by atoms with E-state index in [1.54, 1.807) is 25.1 Å². The molecule has 158 valence electrons. The predicted molar refractivity (Wildman–Crippen MR) is 127 cm³/mol. The highest BCUT2D eigenvalue weighted by Gasteiger charge is 2.09. The van der Waals surface area contributed by atoms with Crippen LogP contribution in [0.25, 0.3) is 11.1 Å². The lowest BCUT2D eigenvalue weighted by Gasteiger charge is -2.08. The third-order valence-electron chi connectivity index (χ3n) is 4.42. The highest BCUT2D eigenvalue weighted by molar-refractivity contribution is 6.35. The van der Waals surface area contributed by atoms with Crippen molar-refractivity contribution in [3.63, 3.8) is 0 Å². The molecular weight excluding hydrogens is 433 g/mol. The number of halogens is 2. The van der Waals surface area contributed by atoms with E-state index in [1.165, 1.54) is 0 Å². The fourth-order valence-corrected chi connectivity index (χ4v) is 3.22. The largest absolute Gasteiger partial charge is 0.324 e. The minimum Gasteiger partial charge on any atom is -0.324 e. The molecule has 0 heterocycles. The maximum atomic E-state index is 12.2. The van der Waals surface area contributed by atoms with E-state index in [0.717, 1.165) is 16.7 Å². The second-order valence-corrected chi connectivity index (χ2v) is 7.81. The first-order chi connectivity index (χ1) is 14.9. The lowest BCUT2D eigenvalue weighted by atomic mass is 10.0. The van der Waals surface area contributed by atoms with Gasteiger partial charge in [0.25, 0.3) is 0 Å². The second kappa shape index (κ2) is 10.8. The van der Waals surface area contributed by atoms with Gasteiger partial charge in [0.15, 0.2) is 0 Å². The lowest BCUT2D eigenvalue weighted by Crippen LogP contribution is -2.23. The third kappa shape index (κ3) is 6.95. The summed E-state index contributed by atoms with van der Waals surface area (Å²) in [6.45, 7) is 1.66. The number of carbonyl (C=O) groups is 2. The SMILES string of the molecule is CC(CC(=O)Nc1cc(Cl)ccc1Cl)=NNC(=O)Cc1ccc(-c2ccccc2)cc1. The fourth-order valence-electron chi connectivity index (χ4n) is 2.89. The van der Waals surface area contributed by atoms with Crippen molar-refractivity contribution in [1.82, 2.24) is 5.43 Å². The molecule has 5 nitrogen and oxygen atoms in total. The number of nitrogens with zero attached hydrogens (tertiary/aromatic N) is 1. The molecule has 3 aromatic carbocycles. The molecule has 0 atom stereocenters. The molecule has 0 unspecified atom stereocenters. The van der Waals surface area contributed by atoms with E-state index in [4.69, 9.17) is 23.2 Å². The van der Waals surface area contributed by atoms with Crippen molar-refractivity contribution >= 4 is 46.4 Å². The topological polar surface area (TPSA) is 70.6 Å². The van der Waals surface area contributed by atoms with Gasteiger partial charge < -0.3 is 5.32 Å². The Morgan fingerprint density at radius 1 is 0.871 bits per heavy atom. The Morgan fingerprint density at radius 2 is 1.55 bits per heavy atom. The molecule has 0 aliphatic heterocycles. The molecule has 0 bridgehead atoms. The molecule has 3 aromatic rings. The van der Waals surface area contributed by atoms with Crippen LogP contribution in [-0.2, 0) is 16.0 Å². The highest BCUT2D eigenvalue weighted by atomic mass is 35.5. The molecule has 0 aliphatic carbocycles. The molecule has 3 rings (SSSR count). The van der Waals surface area contributed by atoms with Crippen molar-refractivity contribution in [2.24, 2.45) is 5.10 Å². The lowest BCUT2D eigenvalue weighted by molar-refractivity contribution is -0.120. The Morgan fingerprint density at radius 3 is 2.26 bits per heavy atom. The van der Waals surface area contributed by atoms with Gasteiger partial charge in [-0.3, -0.25) is 9.59 Å². The smallest absolute Gasteiger partial charge is 0.244 e. The summed E-state index contributed by atoms with van der Waals surface area (Å²) in [5, 5.41) is 7.54. The van der Waals surface area contributed by atoms with Crippen LogP contribution in [0.15, 0.2) is 77.9 Å². The van der Waals surface area contributed by atoms with Crippen molar-refractivity contribution in [2.75, 3.05) is 5.32 Å². The number of anilines is 1. The van der Waals surface area contributed by atoms with Gasteiger partial charge in [0.05, 0.1) is 23.6 Å². The first-order valence-corrected chi connectivity index (χ1v) is 10.4. The molecule has 0 radical (unpaired) electrons. The van der Waals surface area contributed by atoms with E-state index in [2.05, 4.69) is 15.8 Å². The first kappa shape index (κ1) is 22.5. The minimum absolute atomic E-state index is 0.00882. The number of benzene rings is 3. The Balaban J connectivity index is 1.50. The maximum absolute atomic E-state index is 12.2. The van der Waals surface area contributed by atoms with Crippen molar-refractivity contribution < 1.29 is 9.59 Å². The van der Waals surface area contributed by atoms with Gasteiger partial charge in [-0.25, -0.2) is 5.43 Å². The van der Waals surface area contributed by atoms with Gasteiger partial charge >= 0.3 is 0 Å². The number of amides is 2.